The number of hydrogen-bond acceptors (Lipinski definition) is 3. The van der Waals surface area contributed by atoms with Crippen molar-refractivity contribution < 1.29 is 5.11 Å². The second-order valence-electron chi connectivity index (χ2n) is 4.37. The highest BCUT2D eigenvalue weighted by atomic mass is 16.3. The lowest BCUT2D eigenvalue weighted by Crippen LogP contribution is -2.44. The third-order valence-corrected chi connectivity index (χ3v) is 2.83. The molecule has 1 fully saturated rings. The van der Waals surface area contributed by atoms with Crippen LogP contribution in [0.5, 0.6) is 0 Å². The summed E-state index contributed by atoms with van der Waals surface area (Å²) in [5.41, 5.74) is 0. The molecule has 0 saturated carbocycles. The maximum atomic E-state index is 9.15. The minimum absolute atomic E-state index is 0.219. The molecule has 0 aliphatic carbocycles. The molecule has 1 rings (SSSR count). The molecule has 1 aliphatic rings. The minimum Gasteiger partial charge on any atom is -0.392 e. The van der Waals surface area contributed by atoms with Gasteiger partial charge in [0.25, 0.3) is 0 Å². The van der Waals surface area contributed by atoms with Crippen LogP contribution in [0.1, 0.15) is 33.1 Å². The molecule has 0 aromatic heterocycles. The summed E-state index contributed by atoms with van der Waals surface area (Å²) in [5, 5.41) is 12.6. The van der Waals surface area contributed by atoms with E-state index in [2.05, 4.69) is 17.1 Å². The van der Waals surface area contributed by atoms with Crippen LogP contribution in [-0.2, 0) is 0 Å². The van der Waals surface area contributed by atoms with E-state index in [0.717, 1.165) is 6.54 Å². The summed E-state index contributed by atoms with van der Waals surface area (Å²) in [6, 6.07) is 0.623. The number of rotatable bonds is 5. The number of aliphatic hydroxyl groups excluding tert-OH is 1. The molecule has 0 aromatic carbocycles. The van der Waals surface area contributed by atoms with Crippen LogP contribution < -0.4 is 5.32 Å². The molecule has 14 heavy (non-hydrogen) atoms. The molecule has 0 amide bonds. The number of hydrogen-bond donors (Lipinski definition) is 2. The summed E-state index contributed by atoms with van der Waals surface area (Å²) in [5.74, 6) is 0. The van der Waals surface area contributed by atoms with Gasteiger partial charge in [0.15, 0.2) is 0 Å². The van der Waals surface area contributed by atoms with Crippen molar-refractivity contribution in [2.45, 2.75) is 45.3 Å². The maximum Gasteiger partial charge on any atom is 0.0636 e. The smallest absolute Gasteiger partial charge is 0.0636 e. The van der Waals surface area contributed by atoms with Gasteiger partial charge in [-0.25, -0.2) is 0 Å². The van der Waals surface area contributed by atoms with Gasteiger partial charge in [-0.15, -0.1) is 0 Å². The first-order valence-corrected chi connectivity index (χ1v) is 5.86. The van der Waals surface area contributed by atoms with Crippen molar-refractivity contribution in [3.63, 3.8) is 0 Å². The molecule has 1 aliphatic heterocycles. The lowest BCUT2D eigenvalue weighted by atomic mass is 10.0. The Morgan fingerprint density at radius 1 is 1.43 bits per heavy atom. The van der Waals surface area contributed by atoms with Crippen molar-refractivity contribution in [1.82, 2.24) is 10.2 Å². The van der Waals surface area contributed by atoms with Gasteiger partial charge < -0.3 is 15.3 Å². The first-order chi connectivity index (χ1) is 6.72. The molecule has 0 spiro atoms. The monoisotopic (exact) mass is 200 g/mol. The standard InChI is InChI=1S/C11H24N2O/c1-3-6-13-7-4-11(5-8-13)12-9-10(2)14/h10-12,14H,3-9H2,1-2H3. The molecule has 0 bridgehead atoms. The van der Waals surface area contributed by atoms with Crippen molar-refractivity contribution in [3.05, 3.63) is 0 Å². The number of aliphatic hydroxyl groups is 1. The molecule has 1 atom stereocenters. The van der Waals surface area contributed by atoms with Crippen LogP contribution in [0.15, 0.2) is 0 Å². The third kappa shape index (κ3) is 4.40. The summed E-state index contributed by atoms with van der Waals surface area (Å²) in [4.78, 5) is 2.53. The Hall–Kier alpha value is -0.120. The molecule has 1 heterocycles. The summed E-state index contributed by atoms with van der Waals surface area (Å²) in [7, 11) is 0. The molecular formula is C11H24N2O. The van der Waals surface area contributed by atoms with E-state index in [-0.39, 0.29) is 6.10 Å². The van der Waals surface area contributed by atoms with Crippen LogP contribution in [0.3, 0.4) is 0 Å². The van der Waals surface area contributed by atoms with Crippen LogP contribution in [0.25, 0.3) is 0 Å². The zero-order valence-electron chi connectivity index (χ0n) is 9.50. The maximum absolute atomic E-state index is 9.15. The Morgan fingerprint density at radius 2 is 2.07 bits per heavy atom. The molecule has 1 saturated heterocycles. The van der Waals surface area contributed by atoms with Crippen molar-refractivity contribution >= 4 is 0 Å². The molecule has 0 aromatic rings. The molecule has 1 unspecified atom stereocenters. The minimum atomic E-state index is -0.219. The topological polar surface area (TPSA) is 35.5 Å². The normalized spacial score (nSPS) is 22.5. The van der Waals surface area contributed by atoms with Gasteiger partial charge in [0, 0.05) is 12.6 Å². The van der Waals surface area contributed by atoms with Crippen molar-refractivity contribution in [2.24, 2.45) is 0 Å². The highest BCUT2D eigenvalue weighted by Crippen LogP contribution is 2.10. The first-order valence-electron chi connectivity index (χ1n) is 5.86. The predicted molar refractivity (Wildman–Crippen MR) is 59.4 cm³/mol. The van der Waals surface area contributed by atoms with Crippen LogP contribution >= 0.6 is 0 Å². The molecule has 0 radical (unpaired) electrons. The van der Waals surface area contributed by atoms with Crippen LogP contribution in [0, 0.1) is 0 Å². The van der Waals surface area contributed by atoms with E-state index in [1.54, 1.807) is 0 Å². The number of nitrogens with zero attached hydrogens (tertiary/aromatic N) is 1. The lowest BCUT2D eigenvalue weighted by Gasteiger charge is -2.32. The summed E-state index contributed by atoms with van der Waals surface area (Å²) >= 11 is 0. The highest BCUT2D eigenvalue weighted by Gasteiger charge is 2.17. The molecule has 3 heteroatoms. The van der Waals surface area contributed by atoms with E-state index in [4.69, 9.17) is 5.11 Å². The lowest BCUT2D eigenvalue weighted by molar-refractivity contribution is 0.162. The fraction of sp³-hybridized carbons (Fsp3) is 1.00. The number of likely N-dealkylation sites (tertiary alicyclic amines) is 1. The van der Waals surface area contributed by atoms with Crippen LogP contribution in [-0.4, -0.2) is 48.3 Å². The van der Waals surface area contributed by atoms with Gasteiger partial charge in [-0.2, -0.15) is 0 Å². The van der Waals surface area contributed by atoms with E-state index < -0.39 is 0 Å². The average molecular weight is 200 g/mol. The van der Waals surface area contributed by atoms with Gasteiger partial charge in [-0.05, 0) is 45.8 Å². The molecule has 2 N–H and O–H groups in total. The second-order valence-corrected chi connectivity index (χ2v) is 4.37. The first kappa shape index (κ1) is 12.0. The van der Waals surface area contributed by atoms with Crippen LogP contribution in [0.2, 0.25) is 0 Å². The van der Waals surface area contributed by atoms with Crippen molar-refractivity contribution in [2.75, 3.05) is 26.2 Å². The Bertz CT molecular complexity index is 142. The zero-order valence-corrected chi connectivity index (χ0v) is 9.50. The molecule has 84 valence electrons. The van der Waals surface area contributed by atoms with Gasteiger partial charge in [-0.1, -0.05) is 6.92 Å². The summed E-state index contributed by atoms with van der Waals surface area (Å²) in [6.45, 7) is 8.47. The molecule has 3 nitrogen and oxygen atoms in total. The fourth-order valence-corrected chi connectivity index (χ4v) is 2.01. The van der Waals surface area contributed by atoms with Crippen LogP contribution in [0.4, 0.5) is 0 Å². The largest absolute Gasteiger partial charge is 0.392 e. The second kappa shape index (κ2) is 6.38. The third-order valence-electron chi connectivity index (χ3n) is 2.83. The van der Waals surface area contributed by atoms with E-state index in [0.29, 0.717) is 6.04 Å². The fourth-order valence-electron chi connectivity index (χ4n) is 2.01. The number of nitrogens with one attached hydrogen (secondary N) is 1. The summed E-state index contributed by atoms with van der Waals surface area (Å²) < 4.78 is 0. The number of piperidine rings is 1. The van der Waals surface area contributed by atoms with E-state index in [1.165, 1.54) is 38.9 Å². The SMILES string of the molecule is CCCN1CCC(NCC(C)O)CC1. The average Bonchev–Trinajstić information content (AvgIpc) is 2.17. The van der Waals surface area contributed by atoms with E-state index in [9.17, 15) is 0 Å². The zero-order chi connectivity index (χ0) is 10.4. The predicted octanol–water partition coefficient (Wildman–Crippen LogP) is 0.831. The Labute approximate surface area is 87.5 Å². The molecular weight excluding hydrogens is 176 g/mol. The van der Waals surface area contributed by atoms with E-state index >= 15 is 0 Å². The Kier molecular flexibility index (Phi) is 5.45. The van der Waals surface area contributed by atoms with Crippen molar-refractivity contribution in [1.29, 1.82) is 0 Å². The van der Waals surface area contributed by atoms with Gasteiger partial charge >= 0.3 is 0 Å². The summed E-state index contributed by atoms with van der Waals surface area (Å²) in [6.07, 6.45) is 3.49. The van der Waals surface area contributed by atoms with Gasteiger partial charge in [-0.3, -0.25) is 0 Å². The van der Waals surface area contributed by atoms with E-state index in [1.807, 2.05) is 6.92 Å². The van der Waals surface area contributed by atoms with Gasteiger partial charge in [0.1, 0.15) is 0 Å². The highest BCUT2D eigenvalue weighted by molar-refractivity contribution is 4.77. The Balaban J connectivity index is 2.09. The Morgan fingerprint density at radius 3 is 2.57 bits per heavy atom. The van der Waals surface area contributed by atoms with Crippen molar-refractivity contribution in [3.8, 4) is 0 Å². The quantitative estimate of drug-likeness (QED) is 0.690. The van der Waals surface area contributed by atoms with Gasteiger partial charge in [0.05, 0.1) is 6.10 Å². The van der Waals surface area contributed by atoms with Gasteiger partial charge in [0.2, 0.25) is 0 Å².